The highest BCUT2D eigenvalue weighted by Crippen LogP contribution is 2.24. The molecule has 1 unspecified atom stereocenters. The Hall–Kier alpha value is -1.33. The van der Waals surface area contributed by atoms with Crippen LogP contribution in [0, 0.1) is 6.92 Å². The molecule has 0 aliphatic carbocycles. The lowest BCUT2D eigenvalue weighted by Gasteiger charge is -2.09. The summed E-state index contributed by atoms with van der Waals surface area (Å²) >= 11 is 6.19. The number of rotatable bonds is 3. The highest BCUT2D eigenvalue weighted by molar-refractivity contribution is 6.31. The smallest absolute Gasteiger partial charge is 0.0847 e. The van der Waals surface area contributed by atoms with Crippen molar-refractivity contribution in [2.45, 2.75) is 19.4 Å². The molecule has 0 aliphatic rings. The molecule has 0 saturated heterocycles. The molecule has 17 heavy (non-hydrogen) atoms. The molecule has 2 N–H and O–H groups in total. The van der Waals surface area contributed by atoms with Crippen molar-refractivity contribution in [1.82, 2.24) is 19.6 Å². The first-order chi connectivity index (χ1) is 7.99. The number of hydrogen-bond donors (Lipinski definition) is 1. The fourth-order valence-corrected chi connectivity index (χ4v) is 2.10. The number of halogens is 1. The summed E-state index contributed by atoms with van der Waals surface area (Å²) in [6.45, 7) is 1.89. The van der Waals surface area contributed by atoms with Crippen LogP contribution in [0.1, 0.15) is 23.0 Å². The highest BCUT2D eigenvalue weighted by Gasteiger charge is 2.16. The van der Waals surface area contributed by atoms with Crippen molar-refractivity contribution in [2.75, 3.05) is 0 Å². The quantitative estimate of drug-likeness (QED) is 0.899. The molecule has 0 aromatic carbocycles. The van der Waals surface area contributed by atoms with E-state index < -0.39 is 0 Å². The van der Waals surface area contributed by atoms with E-state index in [1.54, 1.807) is 15.6 Å². The monoisotopic (exact) mass is 253 g/mol. The van der Waals surface area contributed by atoms with Gasteiger partial charge < -0.3 is 5.73 Å². The average Bonchev–Trinajstić information content (AvgIpc) is 2.79. The minimum atomic E-state index is -0.115. The third-order valence-corrected chi connectivity index (χ3v) is 3.32. The first kappa shape index (κ1) is 12.1. The van der Waals surface area contributed by atoms with Crippen LogP contribution in [0.25, 0.3) is 0 Å². The normalized spacial score (nSPS) is 13.0. The summed E-state index contributed by atoms with van der Waals surface area (Å²) in [7, 11) is 3.75. The zero-order valence-corrected chi connectivity index (χ0v) is 10.9. The second-order valence-electron chi connectivity index (χ2n) is 4.23. The van der Waals surface area contributed by atoms with Gasteiger partial charge in [0.1, 0.15) is 0 Å². The minimum Gasteiger partial charge on any atom is -0.324 e. The van der Waals surface area contributed by atoms with E-state index in [1.165, 1.54) is 0 Å². The summed E-state index contributed by atoms with van der Waals surface area (Å²) in [5.74, 6) is 0. The van der Waals surface area contributed by atoms with Gasteiger partial charge in [0.25, 0.3) is 0 Å². The van der Waals surface area contributed by atoms with Gasteiger partial charge >= 0.3 is 0 Å². The van der Waals surface area contributed by atoms with Crippen LogP contribution in [0.2, 0.25) is 5.02 Å². The Morgan fingerprint density at radius 2 is 2.18 bits per heavy atom. The number of nitrogens with zero attached hydrogens (tertiary/aromatic N) is 4. The maximum atomic E-state index is 6.19. The Labute approximate surface area is 105 Å². The molecule has 2 aromatic heterocycles. The Morgan fingerprint density at radius 1 is 1.47 bits per heavy atom. The molecule has 92 valence electrons. The van der Waals surface area contributed by atoms with E-state index in [2.05, 4.69) is 10.2 Å². The molecule has 6 heteroatoms. The average molecular weight is 254 g/mol. The number of hydrogen-bond acceptors (Lipinski definition) is 3. The van der Waals surface area contributed by atoms with Crippen molar-refractivity contribution >= 4 is 11.6 Å². The third kappa shape index (κ3) is 2.35. The number of aromatic nitrogens is 4. The second kappa shape index (κ2) is 4.50. The van der Waals surface area contributed by atoms with Crippen LogP contribution in [0.3, 0.4) is 0 Å². The van der Waals surface area contributed by atoms with Gasteiger partial charge in [-0.1, -0.05) is 11.6 Å². The van der Waals surface area contributed by atoms with Gasteiger partial charge in [0, 0.05) is 38.3 Å². The largest absolute Gasteiger partial charge is 0.324 e. The maximum absolute atomic E-state index is 6.19. The molecule has 0 bridgehead atoms. The zero-order chi connectivity index (χ0) is 12.6. The molecular formula is C11H16ClN5. The Kier molecular flexibility index (Phi) is 3.22. The Morgan fingerprint density at radius 3 is 2.65 bits per heavy atom. The lowest BCUT2D eigenvalue weighted by atomic mass is 10.1. The van der Waals surface area contributed by atoms with Crippen molar-refractivity contribution in [1.29, 1.82) is 0 Å². The standard InChI is InChI=1S/C11H16ClN5/c1-7-11(12)10(17(3)15-7)4-9(13)8-5-14-16(2)6-8/h5-6,9H,4,13H2,1-3H3. The van der Waals surface area contributed by atoms with Crippen molar-refractivity contribution in [3.05, 3.63) is 34.4 Å². The molecule has 0 aliphatic heterocycles. The molecule has 2 rings (SSSR count). The molecule has 0 radical (unpaired) electrons. The van der Waals surface area contributed by atoms with Crippen LogP contribution in [0.5, 0.6) is 0 Å². The van der Waals surface area contributed by atoms with Crippen molar-refractivity contribution in [3.8, 4) is 0 Å². The van der Waals surface area contributed by atoms with Crippen molar-refractivity contribution in [2.24, 2.45) is 19.8 Å². The van der Waals surface area contributed by atoms with E-state index in [4.69, 9.17) is 17.3 Å². The lowest BCUT2D eigenvalue weighted by molar-refractivity contribution is 0.639. The summed E-state index contributed by atoms with van der Waals surface area (Å²) in [6.07, 6.45) is 4.35. The van der Waals surface area contributed by atoms with Crippen LogP contribution in [-0.2, 0) is 20.5 Å². The molecule has 0 saturated carbocycles. The third-order valence-electron chi connectivity index (χ3n) is 2.83. The summed E-state index contributed by atoms with van der Waals surface area (Å²) < 4.78 is 3.53. The van der Waals surface area contributed by atoms with Crippen LogP contribution in [-0.4, -0.2) is 19.6 Å². The summed E-state index contributed by atoms with van der Waals surface area (Å²) in [5.41, 5.74) is 8.93. The Balaban J connectivity index is 2.21. The van der Waals surface area contributed by atoms with Crippen molar-refractivity contribution in [3.63, 3.8) is 0 Å². The first-order valence-electron chi connectivity index (χ1n) is 5.41. The first-order valence-corrected chi connectivity index (χ1v) is 5.79. The van der Waals surface area contributed by atoms with Crippen LogP contribution < -0.4 is 5.73 Å². The SMILES string of the molecule is Cc1nn(C)c(CC(N)c2cnn(C)c2)c1Cl. The molecule has 0 amide bonds. The van der Waals surface area contributed by atoms with E-state index >= 15 is 0 Å². The predicted molar refractivity (Wildman–Crippen MR) is 66.8 cm³/mol. The van der Waals surface area contributed by atoms with Gasteiger partial charge in [-0.3, -0.25) is 9.36 Å². The number of nitrogens with two attached hydrogens (primary N) is 1. The molecule has 2 aromatic rings. The number of aryl methyl sites for hydroxylation is 3. The van der Waals surface area contributed by atoms with Gasteiger partial charge in [0.05, 0.1) is 22.6 Å². The Bertz CT molecular complexity index is 528. The highest BCUT2D eigenvalue weighted by atomic mass is 35.5. The predicted octanol–water partition coefficient (Wildman–Crippen LogP) is 1.36. The minimum absolute atomic E-state index is 0.115. The fraction of sp³-hybridized carbons (Fsp3) is 0.455. The van der Waals surface area contributed by atoms with E-state index in [0.717, 1.165) is 17.0 Å². The summed E-state index contributed by atoms with van der Waals surface area (Å²) in [6, 6.07) is -0.115. The molecule has 2 heterocycles. The van der Waals surface area contributed by atoms with Crippen molar-refractivity contribution < 1.29 is 0 Å². The fourth-order valence-electron chi connectivity index (χ4n) is 1.86. The van der Waals surface area contributed by atoms with Gasteiger partial charge in [0.2, 0.25) is 0 Å². The van der Waals surface area contributed by atoms with E-state index in [-0.39, 0.29) is 6.04 Å². The van der Waals surface area contributed by atoms with Crippen LogP contribution >= 0.6 is 11.6 Å². The van der Waals surface area contributed by atoms with E-state index in [9.17, 15) is 0 Å². The zero-order valence-electron chi connectivity index (χ0n) is 10.2. The van der Waals surface area contributed by atoms with Gasteiger partial charge in [0.15, 0.2) is 0 Å². The molecule has 0 spiro atoms. The van der Waals surface area contributed by atoms with Crippen LogP contribution in [0.15, 0.2) is 12.4 Å². The molecule has 1 atom stereocenters. The van der Waals surface area contributed by atoms with Gasteiger partial charge in [-0.15, -0.1) is 0 Å². The van der Waals surface area contributed by atoms with Gasteiger partial charge in [-0.2, -0.15) is 10.2 Å². The maximum Gasteiger partial charge on any atom is 0.0847 e. The van der Waals surface area contributed by atoms with Gasteiger partial charge in [-0.25, -0.2) is 0 Å². The molecular weight excluding hydrogens is 238 g/mol. The lowest BCUT2D eigenvalue weighted by Crippen LogP contribution is -2.15. The summed E-state index contributed by atoms with van der Waals surface area (Å²) in [4.78, 5) is 0. The van der Waals surface area contributed by atoms with Crippen LogP contribution in [0.4, 0.5) is 0 Å². The second-order valence-corrected chi connectivity index (χ2v) is 4.61. The molecule has 5 nitrogen and oxygen atoms in total. The van der Waals surface area contributed by atoms with Gasteiger partial charge in [-0.05, 0) is 6.92 Å². The van der Waals surface area contributed by atoms with E-state index in [1.807, 2.05) is 27.2 Å². The summed E-state index contributed by atoms with van der Waals surface area (Å²) in [5, 5.41) is 9.08. The molecule has 0 fully saturated rings. The topological polar surface area (TPSA) is 61.7 Å². The van der Waals surface area contributed by atoms with E-state index in [0.29, 0.717) is 11.4 Å².